The fourth-order valence-electron chi connectivity index (χ4n) is 1.82. The second-order valence-corrected chi connectivity index (χ2v) is 4.85. The molecule has 0 atom stereocenters. The van der Waals surface area contributed by atoms with Gasteiger partial charge in [0, 0.05) is 26.7 Å². The lowest BCUT2D eigenvalue weighted by molar-refractivity contribution is 0.161. The van der Waals surface area contributed by atoms with Crippen molar-refractivity contribution < 1.29 is 9.15 Å². The number of hydrogen-bond acceptors (Lipinski definition) is 4. The third-order valence-corrected chi connectivity index (χ3v) is 3.00. The minimum atomic E-state index is 0.552. The van der Waals surface area contributed by atoms with Crippen molar-refractivity contribution in [2.45, 2.75) is 19.9 Å². The van der Waals surface area contributed by atoms with Crippen LogP contribution in [0.2, 0.25) is 0 Å². The predicted molar refractivity (Wildman–Crippen MR) is 85.5 cm³/mol. The number of likely N-dealkylation sites (N-methyl/N-ethyl adjacent to an activating group) is 1. The van der Waals surface area contributed by atoms with Gasteiger partial charge in [0.15, 0.2) is 5.96 Å². The van der Waals surface area contributed by atoms with E-state index in [4.69, 9.17) is 9.15 Å². The number of nitrogens with one attached hydrogen (secondary N) is 2. The summed E-state index contributed by atoms with van der Waals surface area (Å²) in [6, 6.07) is 3.80. The van der Waals surface area contributed by atoms with E-state index in [1.807, 2.05) is 12.1 Å². The maximum atomic E-state index is 5.28. The molecule has 0 radical (unpaired) electrons. The summed E-state index contributed by atoms with van der Waals surface area (Å²) in [6.45, 7) is 7.12. The molecule has 0 unspecified atom stereocenters. The zero-order chi connectivity index (χ0) is 15.3. The lowest BCUT2D eigenvalue weighted by Gasteiger charge is -2.16. The van der Waals surface area contributed by atoms with Crippen LogP contribution in [0.25, 0.3) is 0 Å². The maximum Gasteiger partial charge on any atom is 0.191 e. The lowest BCUT2D eigenvalue weighted by atomic mass is 10.4. The van der Waals surface area contributed by atoms with Crippen molar-refractivity contribution in [1.29, 1.82) is 0 Å². The normalized spacial score (nSPS) is 11.9. The Labute approximate surface area is 127 Å². The van der Waals surface area contributed by atoms with Gasteiger partial charge in [-0.3, -0.25) is 0 Å². The summed E-state index contributed by atoms with van der Waals surface area (Å²) >= 11 is 0. The largest absolute Gasteiger partial charge is 0.467 e. The van der Waals surface area contributed by atoms with E-state index in [1.165, 1.54) is 0 Å². The van der Waals surface area contributed by atoms with Crippen molar-refractivity contribution in [1.82, 2.24) is 15.5 Å². The zero-order valence-corrected chi connectivity index (χ0v) is 13.4. The smallest absolute Gasteiger partial charge is 0.191 e. The van der Waals surface area contributed by atoms with Gasteiger partial charge in [-0.25, -0.2) is 4.99 Å². The molecule has 120 valence electrons. The third-order valence-electron chi connectivity index (χ3n) is 3.00. The van der Waals surface area contributed by atoms with E-state index in [2.05, 4.69) is 34.5 Å². The number of guanidine groups is 1. The highest BCUT2D eigenvalue weighted by Gasteiger charge is 2.00. The molecule has 0 bridgehead atoms. The molecule has 0 saturated carbocycles. The van der Waals surface area contributed by atoms with Crippen molar-refractivity contribution in [2.75, 3.05) is 46.9 Å². The molecule has 0 aromatic carbocycles. The first-order chi connectivity index (χ1) is 10.3. The Morgan fingerprint density at radius 2 is 2.24 bits per heavy atom. The molecule has 21 heavy (non-hydrogen) atoms. The molecule has 0 aliphatic carbocycles. The molecule has 2 N–H and O–H groups in total. The van der Waals surface area contributed by atoms with Gasteiger partial charge in [-0.15, -0.1) is 0 Å². The number of hydrogen-bond donors (Lipinski definition) is 2. The molecule has 1 rings (SSSR count). The number of methoxy groups -OCH3 is 1. The Kier molecular flexibility index (Phi) is 9.32. The number of furan rings is 1. The summed E-state index contributed by atoms with van der Waals surface area (Å²) in [5.41, 5.74) is 0. The highest BCUT2D eigenvalue weighted by molar-refractivity contribution is 5.79. The van der Waals surface area contributed by atoms with Crippen LogP contribution in [-0.4, -0.2) is 57.8 Å². The van der Waals surface area contributed by atoms with Gasteiger partial charge in [-0.1, -0.05) is 0 Å². The molecule has 1 heterocycles. The molecule has 0 aliphatic heterocycles. The molecule has 1 aromatic heterocycles. The van der Waals surface area contributed by atoms with Gasteiger partial charge >= 0.3 is 0 Å². The van der Waals surface area contributed by atoms with Gasteiger partial charge in [0.2, 0.25) is 0 Å². The van der Waals surface area contributed by atoms with Crippen LogP contribution in [0.4, 0.5) is 0 Å². The monoisotopic (exact) mass is 296 g/mol. The van der Waals surface area contributed by atoms with Crippen LogP contribution in [0.1, 0.15) is 19.1 Å². The predicted octanol–water partition coefficient (Wildman–Crippen LogP) is 1.30. The Balaban J connectivity index is 2.23. The second kappa shape index (κ2) is 11.2. The van der Waals surface area contributed by atoms with Crippen LogP contribution in [0.15, 0.2) is 27.8 Å². The van der Waals surface area contributed by atoms with Crippen molar-refractivity contribution in [3.8, 4) is 0 Å². The topological polar surface area (TPSA) is 62.0 Å². The van der Waals surface area contributed by atoms with Crippen LogP contribution in [-0.2, 0) is 11.3 Å². The summed E-state index contributed by atoms with van der Waals surface area (Å²) in [5.74, 6) is 1.69. The van der Waals surface area contributed by atoms with Gasteiger partial charge in [-0.2, -0.15) is 0 Å². The molecule has 0 fully saturated rings. The van der Waals surface area contributed by atoms with Gasteiger partial charge in [0.25, 0.3) is 0 Å². The molecule has 0 saturated heterocycles. The number of aliphatic imine (C=N–C) groups is 1. The SMILES string of the molecule is CCNC(=NCc1ccco1)NCCCN(C)CCOC. The summed E-state index contributed by atoms with van der Waals surface area (Å²) in [4.78, 5) is 6.75. The summed E-state index contributed by atoms with van der Waals surface area (Å²) in [5, 5.41) is 6.56. The van der Waals surface area contributed by atoms with Crippen LogP contribution in [0.3, 0.4) is 0 Å². The summed E-state index contributed by atoms with van der Waals surface area (Å²) in [7, 11) is 3.84. The first-order valence-corrected chi connectivity index (χ1v) is 7.48. The van der Waals surface area contributed by atoms with Gasteiger partial charge in [0.05, 0.1) is 12.9 Å². The van der Waals surface area contributed by atoms with E-state index < -0.39 is 0 Å². The Hall–Kier alpha value is -1.53. The minimum Gasteiger partial charge on any atom is -0.467 e. The quantitative estimate of drug-likeness (QED) is 0.387. The Morgan fingerprint density at radius 3 is 2.90 bits per heavy atom. The fraction of sp³-hybridized carbons (Fsp3) is 0.667. The van der Waals surface area contributed by atoms with Crippen molar-refractivity contribution >= 4 is 5.96 Å². The fourth-order valence-corrected chi connectivity index (χ4v) is 1.82. The average Bonchev–Trinajstić information content (AvgIpc) is 3.00. The van der Waals surface area contributed by atoms with Gasteiger partial charge < -0.3 is 24.7 Å². The molecule has 1 aromatic rings. The lowest BCUT2D eigenvalue weighted by Crippen LogP contribution is -2.38. The standard InChI is InChI=1S/C15H28N4O2/c1-4-16-15(18-13-14-7-5-11-21-14)17-8-6-9-19(2)10-12-20-3/h5,7,11H,4,6,8-10,12-13H2,1-3H3,(H2,16,17,18). The number of nitrogens with zero attached hydrogens (tertiary/aromatic N) is 2. The molecular weight excluding hydrogens is 268 g/mol. The first kappa shape index (κ1) is 17.5. The third kappa shape index (κ3) is 8.37. The van der Waals surface area contributed by atoms with Crippen LogP contribution in [0.5, 0.6) is 0 Å². The van der Waals surface area contributed by atoms with Gasteiger partial charge in [-0.05, 0) is 39.1 Å². The summed E-state index contributed by atoms with van der Waals surface area (Å²) < 4.78 is 10.3. The van der Waals surface area contributed by atoms with E-state index in [0.717, 1.165) is 50.9 Å². The van der Waals surface area contributed by atoms with Crippen molar-refractivity contribution in [2.24, 2.45) is 4.99 Å². The second-order valence-electron chi connectivity index (χ2n) is 4.85. The van der Waals surface area contributed by atoms with E-state index in [0.29, 0.717) is 6.54 Å². The molecule has 6 heteroatoms. The maximum absolute atomic E-state index is 5.28. The average molecular weight is 296 g/mol. The molecule has 6 nitrogen and oxygen atoms in total. The van der Waals surface area contributed by atoms with E-state index in [9.17, 15) is 0 Å². The van der Waals surface area contributed by atoms with Crippen LogP contribution >= 0.6 is 0 Å². The highest BCUT2D eigenvalue weighted by atomic mass is 16.5. The highest BCUT2D eigenvalue weighted by Crippen LogP contribution is 2.01. The van der Waals surface area contributed by atoms with E-state index in [-0.39, 0.29) is 0 Å². The van der Waals surface area contributed by atoms with E-state index in [1.54, 1.807) is 13.4 Å². The van der Waals surface area contributed by atoms with E-state index >= 15 is 0 Å². The molecule has 0 amide bonds. The molecule has 0 aliphatic rings. The van der Waals surface area contributed by atoms with Crippen LogP contribution in [0, 0.1) is 0 Å². The van der Waals surface area contributed by atoms with Gasteiger partial charge in [0.1, 0.15) is 12.3 Å². The Bertz CT molecular complexity index is 379. The minimum absolute atomic E-state index is 0.552. The number of rotatable bonds is 10. The molecular formula is C15H28N4O2. The van der Waals surface area contributed by atoms with Crippen LogP contribution < -0.4 is 10.6 Å². The van der Waals surface area contributed by atoms with Crippen molar-refractivity contribution in [3.63, 3.8) is 0 Å². The Morgan fingerprint density at radius 1 is 1.38 bits per heavy atom. The number of ether oxygens (including phenoxy) is 1. The molecule has 0 spiro atoms. The zero-order valence-electron chi connectivity index (χ0n) is 13.4. The summed E-state index contributed by atoms with van der Waals surface area (Å²) in [6.07, 6.45) is 2.73. The first-order valence-electron chi connectivity index (χ1n) is 7.48. The van der Waals surface area contributed by atoms with Crippen molar-refractivity contribution in [3.05, 3.63) is 24.2 Å².